The molecule has 1 aliphatic heterocycles. The summed E-state index contributed by atoms with van der Waals surface area (Å²) in [4.78, 5) is 38.1. The fourth-order valence-electron chi connectivity index (χ4n) is 2.22. The average Bonchev–Trinajstić information content (AvgIpc) is 2.61. The first-order chi connectivity index (χ1) is 12.0. The zero-order valence-corrected chi connectivity index (χ0v) is 15.0. The van der Waals surface area contributed by atoms with Gasteiger partial charge < -0.3 is 19.9 Å². The number of hydrogen-bond donors (Lipinski definition) is 1. The molecule has 0 bridgehead atoms. The summed E-state index contributed by atoms with van der Waals surface area (Å²) in [5.41, 5.74) is 0. The largest absolute Gasteiger partial charge is 0.450 e. The molecule has 0 radical (unpaired) electrons. The Hall–Kier alpha value is -2.36. The predicted molar refractivity (Wildman–Crippen MR) is 92.2 cm³/mol. The van der Waals surface area contributed by atoms with Crippen LogP contribution in [-0.2, 0) is 14.3 Å². The highest BCUT2D eigenvalue weighted by molar-refractivity contribution is 7.99. The fourth-order valence-corrected chi connectivity index (χ4v) is 2.94. The molecule has 1 N–H and O–H groups in total. The zero-order valence-electron chi connectivity index (χ0n) is 14.2. The van der Waals surface area contributed by atoms with Gasteiger partial charge in [-0.3, -0.25) is 9.59 Å². The lowest BCUT2D eigenvalue weighted by Gasteiger charge is -2.34. The van der Waals surface area contributed by atoms with Crippen molar-refractivity contribution in [3.8, 4) is 0 Å². The van der Waals surface area contributed by atoms with Crippen LogP contribution < -0.4 is 5.32 Å². The third-order valence-corrected chi connectivity index (χ3v) is 4.35. The molecule has 9 nitrogen and oxygen atoms in total. The number of nitrogens with zero attached hydrogens (tertiary/aromatic N) is 4. The molecule has 0 spiro atoms. The van der Waals surface area contributed by atoms with Gasteiger partial charge in [-0.05, 0) is 19.1 Å². The molecular weight excluding hydrogens is 346 g/mol. The molecule has 1 aliphatic rings. The number of rotatable bonds is 5. The lowest BCUT2D eigenvalue weighted by atomic mass is 10.3. The van der Waals surface area contributed by atoms with E-state index < -0.39 is 0 Å². The molecule has 1 saturated heterocycles. The molecule has 1 aromatic rings. The minimum atomic E-state index is -0.335. The van der Waals surface area contributed by atoms with Crippen LogP contribution in [0.4, 0.5) is 10.6 Å². The van der Waals surface area contributed by atoms with Crippen LogP contribution in [0.1, 0.15) is 13.8 Å². The lowest BCUT2D eigenvalue weighted by molar-refractivity contribution is -0.129. The second kappa shape index (κ2) is 9.21. The van der Waals surface area contributed by atoms with Crippen LogP contribution >= 0.6 is 11.8 Å². The Morgan fingerprint density at radius 2 is 1.84 bits per heavy atom. The third-order valence-electron chi connectivity index (χ3n) is 3.45. The van der Waals surface area contributed by atoms with Gasteiger partial charge in [0.2, 0.25) is 11.8 Å². The SMILES string of the molecule is CCOC(=O)N1CCN(C(=O)CSc2ccc(NC(C)=O)nn2)CC1. The molecule has 0 unspecified atom stereocenters. The minimum Gasteiger partial charge on any atom is -0.450 e. The second-order valence-electron chi connectivity index (χ2n) is 5.29. The summed E-state index contributed by atoms with van der Waals surface area (Å²) in [7, 11) is 0. The van der Waals surface area contributed by atoms with Gasteiger partial charge in [0.15, 0.2) is 5.82 Å². The van der Waals surface area contributed by atoms with Crippen LogP contribution in [0.25, 0.3) is 0 Å². The van der Waals surface area contributed by atoms with E-state index in [1.807, 2.05) is 0 Å². The highest BCUT2D eigenvalue weighted by Crippen LogP contribution is 2.16. The maximum Gasteiger partial charge on any atom is 0.409 e. The highest BCUT2D eigenvalue weighted by Gasteiger charge is 2.24. The van der Waals surface area contributed by atoms with E-state index in [1.165, 1.54) is 18.7 Å². The molecule has 0 aromatic carbocycles. The number of ether oxygens (including phenoxy) is 1. The van der Waals surface area contributed by atoms with E-state index in [9.17, 15) is 14.4 Å². The van der Waals surface area contributed by atoms with Crippen molar-refractivity contribution in [3.05, 3.63) is 12.1 Å². The van der Waals surface area contributed by atoms with Crippen molar-refractivity contribution in [3.63, 3.8) is 0 Å². The van der Waals surface area contributed by atoms with E-state index in [1.54, 1.807) is 28.9 Å². The molecule has 0 saturated carbocycles. The predicted octanol–water partition coefficient (Wildman–Crippen LogP) is 0.828. The average molecular weight is 367 g/mol. The summed E-state index contributed by atoms with van der Waals surface area (Å²) in [6.07, 6.45) is -0.335. The quantitative estimate of drug-likeness (QED) is 0.769. The number of thioether (sulfide) groups is 1. The molecule has 1 fully saturated rings. The number of hydrogen-bond acceptors (Lipinski definition) is 7. The van der Waals surface area contributed by atoms with Gasteiger partial charge in [0.25, 0.3) is 0 Å². The summed E-state index contributed by atoms with van der Waals surface area (Å²) in [6, 6.07) is 3.34. The Balaban J connectivity index is 1.75. The van der Waals surface area contributed by atoms with Crippen LogP contribution in [0.3, 0.4) is 0 Å². The topological polar surface area (TPSA) is 105 Å². The van der Waals surface area contributed by atoms with E-state index in [2.05, 4.69) is 15.5 Å². The van der Waals surface area contributed by atoms with E-state index >= 15 is 0 Å². The van der Waals surface area contributed by atoms with E-state index in [4.69, 9.17) is 4.74 Å². The number of aromatic nitrogens is 2. The Bertz CT molecular complexity index is 617. The van der Waals surface area contributed by atoms with Crippen LogP contribution in [0.15, 0.2) is 17.2 Å². The number of anilines is 1. The van der Waals surface area contributed by atoms with Gasteiger partial charge in [0.05, 0.1) is 12.4 Å². The summed E-state index contributed by atoms with van der Waals surface area (Å²) < 4.78 is 4.95. The van der Waals surface area contributed by atoms with E-state index in [0.717, 1.165) is 0 Å². The van der Waals surface area contributed by atoms with E-state index in [-0.39, 0.29) is 23.7 Å². The van der Waals surface area contributed by atoms with Gasteiger partial charge >= 0.3 is 6.09 Å². The van der Waals surface area contributed by atoms with Gasteiger partial charge in [-0.1, -0.05) is 11.8 Å². The van der Waals surface area contributed by atoms with Crippen molar-refractivity contribution in [1.29, 1.82) is 0 Å². The van der Waals surface area contributed by atoms with Gasteiger partial charge in [-0.2, -0.15) is 0 Å². The lowest BCUT2D eigenvalue weighted by Crippen LogP contribution is -2.51. The summed E-state index contributed by atoms with van der Waals surface area (Å²) in [5.74, 6) is 0.388. The first-order valence-corrected chi connectivity index (χ1v) is 8.91. The fraction of sp³-hybridized carbons (Fsp3) is 0.533. The monoisotopic (exact) mass is 367 g/mol. The highest BCUT2D eigenvalue weighted by atomic mass is 32.2. The Kier molecular flexibility index (Phi) is 6.99. The van der Waals surface area contributed by atoms with E-state index in [0.29, 0.717) is 43.6 Å². The van der Waals surface area contributed by atoms with Gasteiger partial charge in [0.1, 0.15) is 5.03 Å². The number of carbonyl (C=O) groups excluding carboxylic acids is 3. The Morgan fingerprint density at radius 3 is 2.40 bits per heavy atom. The molecule has 10 heteroatoms. The molecule has 136 valence electrons. The Morgan fingerprint density at radius 1 is 1.16 bits per heavy atom. The second-order valence-corrected chi connectivity index (χ2v) is 6.29. The molecule has 0 aliphatic carbocycles. The summed E-state index contributed by atoms with van der Waals surface area (Å²) in [5, 5.41) is 11.0. The minimum absolute atomic E-state index is 0.0127. The van der Waals surface area contributed by atoms with Crippen molar-refractivity contribution in [1.82, 2.24) is 20.0 Å². The summed E-state index contributed by atoms with van der Waals surface area (Å²) >= 11 is 1.28. The number of piperazine rings is 1. The first-order valence-electron chi connectivity index (χ1n) is 7.93. The van der Waals surface area contributed by atoms with Crippen LogP contribution in [-0.4, -0.2) is 76.4 Å². The normalized spacial score (nSPS) is 14.2. The van der Waals surface area contributed by atoms with Crippen molar-refractivity contribution < 1.29 is 19.1 Å². The zero-order chi connectivity index (χ0) is 18.2. The molecule has 2 heterocycles. The Labute approximate surface area is 150 Å². The standard InChI is InChI=1S/C15H21N5O4S/c1-3-24-15(23)20-8-6-19(7-9-20)14(22)10-25-13-5-4-12(17-18-13)16-11(2)21/h4-5H,3,6-10H2,1-2H3,(H,16,17,21). The number of nitrogens with one attached hydrogen (secondary N) is 1. The van der Waals surface area contributed by atoms with Crippen molar-refractivity contribution in [2.75, 3.05) is 43.9 Å². The number of carbonyl (C=O) groups is 3. The molecule has 25 heavy (non-hydrogen) atoms. The van der Waals surface area contributed by atoms with Crippen molar-refractivity contribution >= 4 is 35.5 Å². The molecule has 3 amide bonds. The van der Waals surface area contributed by atoms with Gasteiger partial charge in [-0.25, -0.2) is 4.79 Å². The third kappa shape index (κ3) is 5.89. The summed E-state index contributed by atoms with van der Waals surface area (Å²) in [6.45, 7) is 5.43. The molecule has 1 aromatic heterocycles. The van der Waals surface area contributed by atoms with Gasteiger partial charge in [-0.15, -0.1) is 10.2 Å². The smallest absolute Gasteiger partial charge is 0.409 e. The van der Waals surface area contributed by atoms with Crippen LogP contribution in [0.5, 0.6) is 0 Å². The van der Waals surface area contributed by atoms with Crippen LogP contribution in [0.2, 0.25) is 0 Å². The van der Waals surface area contributed by atoms with Crippen LogP contribution in [0, 0.1) is 0 Å². The number of amides is 3. The van der Waals surface area contributed by atoms with Crippen molar-refractivity contribution in [2.45, 2.75) is 18.9 Å². The molecule has 2 rings (SSSR count). The maximum absolute atomic E-state index is 12.3. The van der Waals surface area contributed by atoms with Crippen molar-refractivity contribution in [2.24, 2.45) is 0 Å². The molecular formula is C15H21N5O4S. The maximum atomic E-state index is 12.3. The van der Waals surface area contributed by atoms with Gasteiger partial charge in [0, 0.05) is 33.1 Å². The molecule has 0 atom stereocenters. The first kappa shape index (κ1) is 19.0.